The number of halogens is 2. The predicted octanol–water partition coefficient (Wildman–Crippen LogP) is 3.93. The summed E-state index contributed by atoms with van der Waals surface area (Å²) in [7, 11) is 0. The number of hydrogen-bond donors (Lipinski definition) is 1. The Bertz CT molecular complexity index is 409. The van der Waals surface area contributed by atoms with E-state index in [2.05, 4.69) is 40.0 Å². The second-order valence-electron chi connectivity index (χ2n) is 5.20. The Balaban J connectivity index is 2.22. The maximum Gasteiger partial charge on any atom is 0.0526 e. The molecule has 2 rings (SSSR count). The largest absolute Gasteiger partial charge is 0.369 e. The number of benzene rings is 1. The molecule has 1 fully saturated rings. The molecular formula is C14H20BrClN2. The molecule has 0 aromatic heterocycles. The zero-order valence-corrected chi connectivity index (χ0v) is 13.3. The average Bonchev–Trinajstić information content (AvgIpc) is 2.58. The minimum absolute atomic E-state index is 0.540. The van der Waals surface area contributed by atoms with Gasteiger partial charge in [-0.15, -0.1) is 0 Å². The highest BCUT2D eigenvalue weighted by Gasteiger charge is 2.21. The summed E-state index contributed by atoms with van der Waals surface area (Å²) in [5.41, 5.74) is 1.21. The zero-order valence-electron chi connectivity index (χ0n) is 10.9. The molecule has 1 saturated heterocycles. The molecule has 0 bridgehead atoms. The summed E-state index contributed by atoms with van der Waals surface area (Å²) in [5.74, 6) is 0.642. The van der Waals surface area contributed by atoms with E-state index in [9.17, 15) is 0 Å². The molecule has 18 heavy (non-hydrogen) atoms. The number of hydrogen-bond acceptors (Lipinski definition) is 2. The van der Waals surface area contributed by atoms with Crippen LogP contribution in [0.25, 0.3) is 0 Å². The molecule has 0 aliphatic carbocycles. The van der Waals surface area contributed by atoms with E-state index in [1.165, 1.54) is 12.1 Å². The summed E-state index contributed by atoms with van der Waals surface area (Å²) in [6, 6.07) is 6.54. The van der Waals surface area contributed by atoms with Crippen LogP contribution in [-0.2, 0) is 0 Å². The Morgan fingerprint density at radius 1 is 1.44 bits per heavy atom. The Labute approximate surface area is 123 Å². The highest BCUT2D eigenvalue weighted by molar-refractivity contribution is 9.10. The lowest BCUT2D eigenvalue weighted by molar-refractivity contribution is 0.420. The number of nitrogens with one attached hydrogen (secondary N) is 1. The molecule has 1 aromatic carbocycles. The monoisotopic (exact) mass is 330 g/mol. The first kappa shape index (κ1) is 14.2. The lowest BCUT2D eigenvalue weighted by Crippen LogP contribution is -2.41. The van der Waals surface area contributed by atoms with Crippen molar-refractivity contribution in [1.82, 2.24) is 5.32 Å². The summed E-state index contributed by atoms with van der Waals surface area (Å²) >= 11 is 9.74. The van der Waals surface area contributed by atoms with E-state index in [1.807, 2.05) is 18.2 Å². The van der Waals surface area contributed by atoms with E-state index in [0.717, 1.165) is 29.1 Å². The maximum absolute atomic E-state index is 6.11. The Morgan fingerprint density at radius 3 is 2.94 bits per heavy atom. The van der Waals surface area contributed by atoms with Crippen molar-refractivity contribution in [3.63, 3.8) is 0 Å². The third kappa shape index (κ3) is 3.40. The van der Waals surface area contributed by atoms with Crippen LogP contribution in [0, 0.1) is 5.92 Å². The van der Waals surface area contributed by atoms with Gasteiger partial charge in [-0.1, -0.05) is 25.4 Å². The van der Waals surface area contributed by atoms with Gasteiger partial charge in [-0.2, -0.15) is 0 Å². The van der Waals surface area contributed by atoms with Crippen molar-refractivity contribution in [2.75, 3.05) is 24.5 Å². The second-order valence-corrected chi connectivity index (χ2v) is 6.49. The van der Waals surface area contributed by atoms with Gasteiger partial charge in [0.15, 0.2) is 0 Å². The SMILES string of the molecule is CC(C)C1CN(c2cc(Cl)ccc2Br)CCCN1. The fourth-order valence-corrected chi connectivity index (χ4v) is 3.01. The average molecular weight is 332 g/mol. The zero-order chi connectivity index (χ0) is 13.1. The van der Waals surface area contributed by atoms with E-state index in [-0.39, 0.29) is 0 Å². The van der Waals surface area contributed by atoms with Crippen LogP contribution in [0.5, 0.6) is 0 Å². The summed E-state index contributed by atoms with van der Waals surface area (Å²) in [4.78, 5) is 2.43. The van der Waals surface area contributed by atoms with Crippen LogP contribution >= 0.6 is 27.5 Å². The standard InChI is InChI=1S/C14H20BrClN2/c1-10(2)13-9-18(7-3-6-17-13)14-8-11(16)4-5-12(14)15/h4-5,8,10,13,17H,3,6-7,9H2,1-2H3. The van der Waals surface area contributed by atoms with Gasteiger partial charge in [-0.3, -0.25) is 0 Å². The lowest BCUT2D eigenvalue weighted by atomic mass is 10.0. The molecule has 1 aliphatic heterocycles. The first-order chi connectivity index (χ1) is 8.58. The van der Waals surface area contributed by atoms with Crippen LogP contribution < -0.4 is 10.2 Å². The normalized spacial score (nSPS) is 21.2. The molecule has 0 amide bonds. The van der Waals surface area contributed by atoms with Gasteiger partial charge in [0, 0.05) is 28.6 Å². The highest BCUT2D eigenvalue weighted by Crippen LogP contribution is 2.30. The second kappa shape index (κ2) is 6.27. The Kier molecular flexibility index (Phi) is 4.93. The third-order valence-corrected chi connectivity index (χ3v) is 4.39. The molecule has 1 N–H and O–H groups in total. The van der Waals surface area contributed by atoms with Gasteiger partial charge in [0.2, 0.25) is 0 Å². The topological polar surface area (TPSA) is 15.3 Å². The summed E-state index contributed by atoms with van der Waals surface area (Å²) in [5, 5.41) is 4.42. The van der Waals surface area contributed by atoms with Crippen LogP contribution in [0.3, 0.4) is 0 Å². The van der Waals surface area contributed by atoms with Gasteiger partial charge in [0.25, 0.3) is 0 Å². The summed E-state index contributed by atoms with van der Waals surface area (Å²) < 4.78 is 1.12. The fraction of sp³-hybridized carbons (Fsp3) is 0.571. The fourth-order valence-electron chi connectivity index (χ4n) is 2.34. The van der Waals surface area contributed by atoms with Crippen LogP contribution in [0.4, 0.5) is 5.69 Å². The van der Waals surface area contributed by atoms with E-state index in [0.29, 0.717) is 12.0 Å². The van der Waals surface area contributed by atoms with E-state index < -0.39 is 0 Å². The smallest absolute Gasteiger partial charge is 0.0526 e. The maximum atomic E-state index is 6.11. The number of rotatable bonds is 2. The van der Waals surface area contributed by atoms with E-state index >= 15 is 0 Å². The predicted molar refractivity (Wildman–Crippen MR) is 82.6 cm³/mol. The molecule has 0 spiro atoms. The van der Waals surface area contributed by atoms with Crippen molar-refractivity contribution in [2.45, 2.75) is 26.3 Å². The first-order valence-electron chi connectivity index (χ1n) is 6.51. The van der Waals surface area contributed by atoms with Gasteiger partial charge >= 0.3 is 0 Å². The third-order valence-electron chi connectivity index (χ3n) is 3.48. The van der Waals surface area contributed by atoms with E-state index in [4.69, 9.17) is 11.6 Å². The van der Waals surface area contributed by atoms with Gasteiger partial charge in [-0.25, -0.2) is 0 Å². The quantitative estimate of drug-likeness (QED) is 0.883. The van der Waals surface area contributed by atoms with E-state index in [1.54, 1.807) is 0 Å². The Morgan fingerprint density at radius 2 is 2.22 bits per heavy atom. The van der Waals surface area contributed by atoms with Crippen LogP contribution in [0.1, 0.15) is 20.3 Å². The molecule has 1 atom stereocenters. The van der Waals surface area contributed by atoms with Crippen molar-refractivity contribution >= 4 is 33.2 Å². The van der Waals surface area contributed by atoms with Crippen molar-refractivity contribution in [2.24, 2.45) is 5.92 Å². The van der Waals surface area contributed by atoms with Crippen LogP contribution in [0.2, 0.25) is 5.02 Å². The van der Waals surface area contributed by atoms with Gasteiger partial charge in [0.1, 0.15) is 0 Å². The molecule has 1 heterocycles. The Hall–Kier alpha value is -0.250. The summed E-state index contributed by atoms with van der Waals surface area (Å²) in [6.07, 6.45) is 1.17. The van der Waals surface area contributed by atoms with Gasteiger partial charge < -0.3 is 10.2 Å². The molecule has 100 valence electrons. The van der Waals surface area contributed by atoms with Crippen LogP contribution in [-0.4, -0.2) is 25.7 Å². The van der Waals surface area contributed by atoms with Gasteiger partial charge in [0.05, 0.1) is 5.69 Å². The molecule has 0 saturated carbocycles. The van der Waals surface area contributed by atoms with Crippen molar-refractivity contribution in [1.29, 1.82) is 0 Å². The molecule has 0 radical (unpaired) electrons. The minimum atomic E-state index is 0.540. The molecule has 1 aliphatic rings. The van der Waals surface area contributed by atoms with Crippen molar-refractivity contribution in [3.05, 3.63) is 27.7 Å². The summed E-state index contributed by atoms with van der Waals surface area (Å²) in [6.45, 7) is 7.76. The van der Waals surface area contributed by atoms with Crippen LogP contribution in [0.15, 0.2) is 22.7 Å². The number of anilines is 1. The molecule has 4 heteroatoms. The molecule has 2 nitrogen and oxygen atoms in total. The first-order valence-corrected chi connectivity index (χ1v) is 7.68. The van der Waals surface area contributed by atoms with Crippen molar-refractivity contribution < 1.29 is 0 Å². The molecule has 1 unspecified atom stereocenters. The highest BCUT2D eigenvalue weighted by atomic mass is 79.9. The number of nitrogens with zero attached hydrogens (tertiary/aromatic N) is 1. The van der Waals surface area contributed by atoms with Gasteiger partial charge in [-0.05, 0) is 53.0 Å². The molecule has 1 aromatic rings. The minimum Gasteiger partial charge on any atom is -0.369 e. The lowest BCUT2D eigenvalue weighted by Gasteiger charge is -2.29. The molecular weight excluding hydrogens is 312 g/mol. The van der Waals surface area contributed by atoms with Crippen molar-refractivity contribution in [3.8, 4) is 0 Å².